The highest BCUT2D eigenvalue weighted by atomic mass is 16.1. The van der Waals surface area contributed by atoms with Gasteiger partial charge in [0.2, 0.25) is 0 Å². The van der Waals surface area contributed by atoms with Crippen molar-refractivity contribution in [2.75, 3.05) is 7.05 Å². The van der Waals surface area contributed by atoms with Gasteiger partial charge in [-0.2, -0.15) is 4.98 Å². The summed E-state index contributed by atoms with van der Waals surface area (Å²) >= 11 is 0. The summed E-state index contributed by atoms with van der Waals surface area (Å²) in [6, 6.07) is 0.361. The van der Waals surface area contributed by atoms with E-state index in [-0.39, 0.29) is 5.69 Å². The van der Waals surface area contributed by atoms with Crippen LogP contribution in [0, 0.1) is 6.92 Å². The fraction of sp³-hybridized carbons (Fsp3) is 0.556. The minimum Gasteiger partial charge on any atom is -0.313 e. The van der Waals surface area contributed by atoms with Gasteiger partial charge in [0, 0.05) is 17.3 Å². The molecule has 2 rings (SSSR count). The van der Waals surface area contributed by atoms with Crippen molar-refractivity contribution in [2.45, 2.75) is 25.8 Å². The van der Waals surface area contributed by atoms with Crippen molar-refractivity contribution < 1.29 is 0 Å². The van der Waals surface area contributed by atoms with Gasteiger partial charge in [-0.3, -0.25) is 0 Å². The average molecular weight is 179 g/mol. The summed E-state index contributed by atoms with van der Waals surface area (Å²) in [5.41, 5.74) is 2.86. The molecule has 0 bridgehead atoms. The maximum atomic E-state index is 11.1. The Hall–Kier alpha value is -1.16. The zero-order chi connectivity index (χ0) is 9.42. The summed E-state index contributed by atoms with van der Waals surface area (Å²) < 4.78 is 0. The van der Waals surface area contributed by atoms with E-state index in [0.29, 0.717) is 6.04 Å². The molecule has 1 atom stereocenters. The number of rotatable bonds is 1. The standard InChI is InChI=1S/C9H13N3O/c1-5-8-6(10-2)3-4-7(8)12-9(13)11-5/h6,10H,3-4H2,1-2H3,(H,11,12,13). The molecule has 0 aromatic carbocycles. The van der Waals surface area contributed by atoms with E-state index >= 15 is 0 Å². The number of H-pyrrole nitrogens is 1. The van der Waals surface area contributed by atoms with Gasteiger partial charge in [-0.05, 0) is 26.8 Å². The summed E-state index contributed by atoms with van der Waals surface area (Å²) in [7, 11) is 1.93. The Kier molecular flexibility index (Phi) is 1.92. The quantitative estimate of drug-likeness (QED) is 0.651. The third kappa shape index (κ3) is 1.27. The van der Waals surface area contributed by atoms with Crippen molar-refractivity contribution in [3.05, 3.63) is 27.4 Å². The van der Waals surface area contributed by atoms with E-state index in [0.717, 1.165) is 24.2 Å². The number of nitrogens with zero attached hydrogens (tertiary/aromatic N) is 1. The summed E-state index contributed by atoms with van der Waals surface area (Å²) in [5.74, 6) is 0. The van der Waals surface area contributed by atoms with Gasteiger partial charge in [-0.15, -0.1) is 0 Å². The average Bonchev–Trinajstić information content (AvgIpc) is 2.47. The Morgan fingerprint density at radius 2 is 2.38 bits per heavy atom. The van der Waals surface area contributed by atoms with E-state index in [1.54, 1.807) is 0 Å². The van der Waals surface area contributed by atoms with Crippen LogP contribution < -0.4 is 11.0 Å². The highest BCUT2D eigenvalue weighted by Gasteiger charge is 2.24. The number of aromatic amines is 1. The van der Waals surface area contributed by atoms with Crippen LogP contribution in [0.1, 0.15) is 29.4 Å². The summed E-state index contributed by atoms with van der Waals surface area (Å²) in [6.45, 7) is 1.93. The van der Waals surface area contributed by atoms with Crippen LogP contribution in [0.5, 0.6) is 0 Å². The molecule has 2 N–H and O–H groups in total. The molecule has 1 aliphatic rings. The molecule has 1 unspecified atom stereocenters. The predicted molar refractivity (Wildman–Crippen MR) is 49.7 cm³/mol. The van der Waals surface area contributed by atoms with Crippen LogP contribution in [0.2, 0.25) is 0 Å². The van der Waals surface area contributed by atoms with Gasteiger partial charge in [0.15, 0.2) is 0 Å². The van der Waals surface area contributed by atoms with Crippen LogP contribution in [-0.4, -0.2) is 17.0 Å². The first-order chi connectivity index (χ1) is 6.22. The van der Waals surface area contributed by atoms with E-state index in [9.17, 15) is 4.79 Å². The second kappa shape index (κ2) is 2.96. The molecule has 1 aromatic heterocycles. The van der Waals surface area contributed by atoms with Gasteiger partial charge in [-0.25, -0.2) is 4.79 Å². The third-order valence-corrected chi connectivity index (χ3v) is 2.61. The SMILES string of the molecule is CNC1CCc2nc(=O)[nH]c(C)c21. The Balaban J connectivity index is 2.58. The van der Waals surface area contributed by atoms with Crippen molar-refractivity contribution in [1.82, 2.24) is 15.3 Å². The van der Waals surface area contributed by atoms with E-state index in [1.165, 1.54) is 5.56 Å². The lowest BCUT2D eigenvalue weighted by Gasteiger charge is -2.11. The highest BCUT2D eigenvalue weighted by molar-refractivity contribution is 5.31. The number of fused-ring (bicyclic) bond motifs is 1. The van der Waals surface area contributed by atoms with Gasteiger partial charge in [-0.1, -0.05) is 0 Å². The highest BCUT2D eigenvalue weighted by Crippen LogP contribution is 2.29. The fourth-order valence-corrected chi connectivity index (χ4v) is 2.02. The Morgan fingerprint density at radius 1 is 1.62 bits per heavy atom. The number of hydrogen-bond acceptors (Lipinski definition) is 3. The smallest absolute Gasteiger partial charge is 0.313 e. The molecule has 0 saturated carbocycles. The molecular formula is C9H13N3O. The molecule has 0 aliphatic heterocycles. The molecule has 0 radical (unpaired) electrons. The Morgan fingerprint density at radius 3 is 3.08 bits per heavy atom. The maximum Gasteiger partial charge on any atom is 0.345 e. The molecule has 0 spiro atoms. The Bertz CT molecular complexity index is 383. The lowest BCUT2D eigenvalue weighted by molar-refractivity contribution is 0.586. The molecule has 13 heavy (non-hydrogen) atoms. The van der Waals surface area contributed by atoms with Crippen LogP contribution in [-0.2, 0) is 6.42 Å². The largest absolute Gasteiger partial charge is 0.345 e. The van der Waals surface area contributed by atoms with Crippen LogP contribution >= 0.6 is 0 Å². The molecule has 0 amide bonds. The normalized spacial score (nSPS) is 20.3. The molecule has 4 heteroatoms. The zero-order valence-electron chi connectivity index (χ0n) is 7.85. The molecular weight excluding hydrogens is 166 g/mol. The van der Waals surface area contributed by atoms with Gasteiger partial charge in [0.25, 0.3) is 0 Å². The number of aromatic nitrogens is 2. The van der Waals surface area contributed by atoms with Crippen LogP contribution in [0.4, 0.5) is 0 Å². The predicted octanol–water partition coefficient (Wildman–Crippen LogP) is 0.285. The molecule has 4 nitrogen and oxygen atoms in total. The second-order valence-electron chi connectivity index (χ2n) is 3.41. The van der Waals surface area contributed by atoms with Crippen molar-refractivity contribution in [3.8, 4) is 0 Å². The zero-order valence-corrected chi connectivity index (χ0v) is 7.85. The molecule has 1 heterocycles. The van der Waals surface area contributed by atoms with E-state index in [4.69, 9.17) is 0 Å². The van der Waals surface area contributed by atoms with Crippen molar-refractivity contribution in [3.63, 3.8) is 0 Å². The van der Waals surface area contributed by atoms with Crippen LogP contribution in [0.25, 0.3) is 0 Å². The maximum absolute atomic E-state index is 11.1. The number of nitrogens with one attached hydrogen (secondary N) is 2. The fourth-order valence-electron chi connectivity index (χ4n) is 2.02. The minimum atomic E-state index is -0.229. The van der Waals surface area contributed by atoms with Crippen molar-refractivity contribution >= 4 is 0 Å². The first-order valence-corrected chi connectivity index (χ1v) is 4.49. The molecule has 1 aromatic rings. The molecule has 0 saturated heterocycles. The van der Waals surface area contributed by atoms with Gasteiger partial charge in [0.1, 0.15) is 0 Å². The van der Waals surface area contributed by atoms with E-state index in [1.807, 2.05) is 14.0 Å². The third-order valence-electron chi connectivity index (χ3n) is 2.61. The van der Waals surface area contributed by atoms with Crippen molar-refractivity contribution in [2.24, 2.45) is 0 Å². The van der Waals surface area contributed by atoms with E-state index < -0.39 is 0 Å². The van der Waals surface area contributed by atoms with Crippen LogP contribution in [0.3, 0.4) is 0 Å². The second-order valence-corrected chi connectivity index (χ2v) is 3.41. The van der Waals surface area contributed by atoms with Gasteiger partial charge in [0.05, 0.1) is 5.69 Å². The lowest BCUT2D eigenvalue weighted by Crippen LogP contribution is -2.19. The summed E-state index contributed by atoms with van der Waals surface area (Å²) in [4.78, 5) is 17.7. The van der Waals surface area contributed by atoms with Crippen molar-refractivity contribution in [1.29, 1.82) is 0 Å². The van der Waals surface area contributed by atoms with E-state index in [2.05, 4.69) is 15.3 Å². The molecule has 1 aliphatic carbocycles. The monoisotopic (exact) mass is 179 g/mol. The number of aryl methyl sites for hydroxylation is 2. The van der Waals surface area contributed by atoms with Gasteiger partial charge < -0.3 is 10.3 Å². The topological polar surface area (TPSA) is 57.8 Å². The lowest BCUT2D eigenvalue weighted by atomic mass is 10.1. The minimum absolute atomic E-state index is 0.229. The first-order valence-electron chi connectivity index (χ1n) is 4.49. The van der Waals surface area contributed by atoms with Gasteiger partial charge >= 0.3 is 5.69 Å². The summed E-state index contributed by atoms with van der Waals surface area (Å²) in [5, 5.41) is 3.22. The summed E-state index contributed by atoms with van der Waals surface area (Å²) in [6.07, 6.45) is 1.95. The first kappa shape index (κ1) is 8.44. The number of hydrogen-bond donors (Lipinski definition) is 2. The molecule has 70 valence electrons. The van der Waals surface area contributed by atoms with Crippen LogP contribution in [0.15, 0.2) is 4.79 Å². The molecule has 0 fully saturated rings. The Labute approximate surface area is 76.4 Å².